The van der Waals surface area contributed by atoms with E-state index in [1.807, 2.05) is 0 Å². The molecule has 0 aliphatic carbocycles. The summed E-state index contributed by atoms with van der Waals surface area (Å²) in [6.45, 7) is -0.402. The third kappa shape index (κ3) is 2.37. The van der Waals surface area contributed by atoms with Crippen molar-refractivity contribution in [3.8, 4) is 0 Å². The molecule has 8 heteroatoms. The minimum absolute atomic E-state index is 0.0227. The average Bonchev–Trinajstić information content (AvgIpc) is 2.57. The molecule has 4 atom stereocenters. The summed E-state index contributed by atoms with van der Waals surface area (Å²) in [4.78, 5) is 7.44. The average molecular weight is 281 g/mol. The molecule has 17 heavy (non-hydrogen) atoms. The van der Waals surface area contributed by atoms with Crippen LogP contribution in [0, 0.1) is 0 Å². The lowest BCUT2D eigenvalue weighted by Gasteiger charge is -2.15. The van der Waals surface area contributed by atoms with Crippen molar-refractivity contribution in [2.24, 2.45) is 0 Å². The van der Waals surface area contributed by atoms with Crippen LogP contribution in [0.4, 0.5) is 0 Å². The molecule has 1 aromatic rings. The molecule has 0 spiro atoms. The van der Waals surface area contributed by atoms with Crippen LogP contribution in [0.5, 0.6) is 0 Å². The Morgan fingerprint density at radius 2 is 2.00 bits per heavy atom. The third-order valence-corrected chi connectivity index (χ3v) is 3.07. The summed E-state index contributed by atoms with van der Waals surface area (Å²) >= 11 is 11.4. The fourth-order valence-electron chi connectivity index (χ4n) is 1.70. The first kappa shape index (κ1) is 12.9. The smallest absolute Gasteiger partial charge is 0.223 e. The highest BCUT2D eigenvalue weighted by atomic mass is 35.5. The number of ether oxygens (including phenoxy) is 1. The van der Waals surface area contributed by atoms with Crippen LogP contribution in [0.3, 0.4) is 0 Å². The minimum Gasteiger partial charge on any atom is -0.394 e. The lowest BCUT2D eigenvalue weighted by molar-refractivity contribution is -0.0229. The van der Waals surface area contributed by atoms with E-state index in [4.69, 9.17) is 33.0 Å². The van der Waals surface area contributed by atoms with Gasteiger partial charge in [0, 0.05) is 11.8 Å². The van der Waals surface area contributed by atoms with Crippen molar-refractivity contribution >= 4 is 23.2 Å². The maximum Gasteiger partial charge on any atom is 0.223 e. The number of aliphatic hydroxyl groups is 3. The summed E-state index contributed by atoms with van der Waals surface area (Å²) in [6.07, 6.45) is -2.81. The largest absolute Gasteiger partial charge is 0.394 e. The second kappa shape index (κ2) is 5.01. The van der Waals surface area contributed by atoms with Gasteiger partial charge in [0.1, 0.15) is 29.6 Å². The molecule has 0 saturated carbocycles. The minimum atomic E-state index is -1.20. The first-order chi connectivity index (χ1) is 8.04. The summed E-state index contributed by atoms with van der Waals surface area (Å²) < 4.78 is 5.28. The molecule has 2 rings (SSSR count). The van der Waals surface area contributed by atoms with Gasteiger partial charge in [0.05, 0.1) is 6.61 Å². The summed E-state index contributed by atoms with van der Waals surface area (Å²) in [5, 5.41) is 28.3. The van der Waals surface area contributed by atoms with E-state index in [0.29, 0.717) is 5.56 Å². The summed E-state index contributed by atoms with van der Waals surface area (Å²) in [7, 11) is 0. The normalized spacial score (nSPS) is 33.0. The molecule has 3 N–H and O–H groups in total. The second-order valence-corrected chi connectivity index (χ2v) is 4.34. The third-order valence-electron chi connectivity index (χ3n) is 2.59. The molecule has 0 bridgehead atoms. The molecule has 0 aromatic carbocycles. The highest BCUT2D eigenvalue weighted by molar-refractivity contribution is 6.32. The van der Waals surface area contributed by atoms with E-state index in [1.54, 1.807) is 0 Å². The molecular formula is C9H10Cl2N2O4. The van der Waals surface area contributed by atoms with Crippen molar-refractivity contribution in [2.75, 3.05) is 6.61 Å². The van der Waals surface area contributed by atoms with Crippen LogP contribution in [0.1, 0.15) is 11.7 Å². The van der Waals surface area contributed by atoms with Crippen LogP contribution in [0.2, 0.25) is 10.4 Å². The van der Waals surface area contributed by atoms with E-state index >= 15 is 0 Å². The fourth-order valence-corrected chi connectivity index (χ4v) is 2.11. The number of halogens is 2. The number of hydrogen-bond donors (Lipinski definition) is 3. The monoisotopic (exact) mass is 280 g/mol. The SMILES string of the molecule is OC[C@H]1O[C@@H](c2cnc(Cl)nc2Cl)[C@H](O)[C@@H]1O. The van der Waals surface area contributed by atoms with Crippen molar-refractivity contribution in [2.45, 2.75) is 24.4 Å². The van der Waals surface area contributed by atoms with E-state index in [0.717, 1.165) is 0 Å². The molecule has 2 heterocycles. The van der Waals surface area contributed by atoms with E-state index in [2.05, 4.69) is 9.97 Å². The Kier molecular flexibility index (Phi) is 3.82. The molecule has 0 unspecified atom stereocenters. The Morgan fingerprint density at radius 1 is 1.29 bits per heavy atom. The van der Waals surface area contributed by atoms with Gasteiger partial charge >= 0.3 is 0 Å². The molecule has 1 aliphatic heterocycles. The summed E-state index contributed by atoms with van der Waals surface area (Å²) in [5.41, 5.74) is 0.318. The van der Waals surface area contributed by atoms with Crippen molar-refractivity contribution in [1.82, 2.24) is 9.97 Å². The van der Waals surface area contributed by atoms with Crippen LogP contribution in [0.25, 0.3) is 0 Å². The quantitative estimate of drug-likeness (QED) is 0.519. The predicted octanol–water partition coefficient (Wildman–Crippen LogP) is -0.0626. The van der Waals surface area contributed by atoms with Crippen molar-refractivity contribution in [1.29, 1.82) is 0 Å². The molecule has 0 radical (unpaired) electrons. The number of hydrogen-bond acceptors (Lipinski definition) is 6. The predicted molar refractivity (Wildman–Crippen MR) is 58.8 cm³/mol. The maximum atomic E-state index is 9.77. The Labute approximate surface area is 107 Å². The van der Waals surface area contributed by atoms with Gasteiger partial charge in [-0.1, -0.05) is 11.6 Å². The van der Waals surface area contributed by atoms with E-state index < -0.39 is 31.0 Å². The van der Waals surface area contributed by atoms with Gasteiger partial charge in [-0.25, -0.2) is 9.97 Å². The molecule has 1 fully saturated rings. The zero-order valence-electron chi connectivity index (χ0n) is 8.49. The topological polar surface area (TPSA) is 95.7 Å². The first-order valence-corrected chi connectivity index (χ1v) is 5.60. The lowest BCUT2D eigenvalue weighted by Crippen LogP contribution is -2.32. The molecule has 1 aliphatic rings. The van der Waals surface area contributed by atoms with Crippen molar-refractivity contribution in [3.63, 3.8) is 0 Å². The zero-order chi connectivity index (χ0) is 12.6. The van der Waals surface area contributed by atoms with Crippen LogP contribution in [-0.2, 0) is 4.74 Å². The van der Waals surface area contributed by atoms with E-state index in [1.165, 1.54) is 6.20 Å². The van der Waals surface area contributed by atoms with Crippen LogP contribution in [0.15, 0.2) is 6.20 Å². The Bertz CT molecular complexity index is 420. The van der Waals surface area contributed by atoms with Gasteiger partial charge in [-0.05, 0) is 11.6 Å². The van der Waals surface area contributed by atoms with Crippen molar-refractivity contribution < 1.29 is 20.1 Å². The fraction of sp³-hybridized carbons (Fsp3) is 0.556. The molecule has 0 amide bonds. The van der Waals surface area contributed by atoms with Gasteiger partial charge in [0.2, 0.25) is 5.28 Å². The molecule has 1 saturated heterocycles. The van der Waals surface area contributed by atoms with Crippen LogP contribution >= 0.6 is 23.2 Å². The number of aromatic nitrogens is 2. The molecule has 1 aromatic heterocycles. The number of nitrogens with zero attached hydrogens (tertiary/aromatic N) is 2. The number of aliphatic hydroxyl groups excluding tert-OH is 3. The summed E-state index contributed by atoms with van der Waals surface area (Å²) in [5.74, 6) is 0. The van der Waals surface area contributed by atoms with E-state index in [-0.39, 0.29) is 10.4 Å². The Hall–Kier alpha value is -0.500. The number of rotatable bonds is 2. The molecule has 94 valence electrons. The lowest BCUT2D eigenvalue weighted by atomic mass is 10.0. The van der Waals surface area contributed by atoms with Gasteiger partial charge in [0.15, 0.2) is 0 Å². The van der Waals surface area contributed by atoms with Gasteiger partial charge in [-0.15, -0.1) is 0 Å². The zero-order valence-corrected chi connectivity index (χ0v) is 10.0. The first-order valence-electron chi connectivity index (χ1n) is 4.85. The van der Waals surface area contributed by atoms with Gasteiger partial charge < -0.3 is 20.1 Å². The Balaban J connectivity index is 2.29. The highest BCUT2D eigenvalue weighted by Gasteiger charge is 2.44. The van der Waals surface area contributed by atoms with Crippen LogP contribution < -0.4 is 0 Å². The maximum absolute atomic E-state index is 9.77. The van der Waals surface area contributed by atoms with Gasteiger partial charge in [-0.2, -0.15) is 0 Å². The Morgan fingerprint density at radius 3 is 2.53 bits per heavy atom. The van der Waals surface area contributed by atoms with Crippen molar-refractivity contribution in [3.05, 3.63) is 22.2 Å². The standard InChI is InChI=1S/C9H10Cl2N2O4/c10-8-3(1-12-9(11)13-8)7-6(16)5(15)4(2-14)17-7/h1,4-7,14-16H,2H2/t4-,5-,6-,7+/m1/s1. The molecule has 6 nitrogen and oxygen atoms in total. The van der Waals surface area contributed by atoms with E-state index in [9.17, 15) is 10.2 Å². The second-order valence-electron chi connectivity index (χ2n) is 3.64. The highest BCUT2D eigenvalue weighted by Crippen LogP contribution is 2.35. The summed E-state index contributed by atoms with van der Waals surface area (Å²) in [6, 6.07) is 0. The molecular weight excluding hydrogens is 271 g/mol. The van der Waals surface area contributed by atoms with Crippen LogP contribution in [-0.4, -0.2) is 50.2 Å². The van der Waals surface area contributed by atoms with Gasteiger partial charge in [0.25, 0.3) is 0 Å². The van der Waals surface area contributed by atoms with Gasteiger partial charge in [-0.3, -0.25) is 0 Å².